The average molecular weight is 366 g/mol. The molecule has 0 radical (unpaired) electrons. The number of anilines is 2. The van der Waals surface area contributed by atoms with Crippen LogP contribution in [0.3, 0.4) is 0 Å². The Morgan fingerprint density at radius 3 is 2.56 bits per heavy atom. The van der Waals surface area contributed by atoms with Gasteiger partial charge in [0.2, 0.25) is 5.95 Å². The molecule has 3 aromatic rings. The quantitative estimate of drug-likeness (QED) is 0.626. The number of para-hydroxylation sites is 1. The van der Waals surface area contributed by atoms with E-state index in [0.717, 1.165) is 34.8 Å². The number of aromatic nitrogens is 2. The molecule has 0 fully saturated rings. The Bertz CT molecular complexity index is 884. The van der Waals surface area contributed by atoms with Crippen LogP contribution in [0.2, 0.25) is 0 Å². The zero-order valence-corrected chi connectivity index (χ0v) is 15.5. The second kappa shape index (κ2) is 8.98. The van der Waals surface area contributed by atoms with Crippen molar-refractivity contribution in [2.75, 3.05) is 24.3 Å². The van der Waals surface area contributed by atoms with E-state index in [1.807, 2.05) is 37.3 Å². The summed E-state index contributed by atoms with van der Waals surface area (Å²) in [7, 11) is 1.66. The fraction of sp³-hybridized carbons (Fsp3) is 0.238. The molecule has 2 N–H and O–H groups in total. The zero-order valence-electron chi connectivity index (χ0n) is 15.5. The first-order chi connectivity index (χ1) is 13.1. The molecule has 0 unspecified atom stereocenters. The molecule has 6 heteroatoms. The highest BCUT2D eigenvalue weighted by Gasteiger charge is 2.05. The average Bonchev–Trinajstić information content (AvgIpc) is 2.68. The fourth-order valence-corrected chi connectivity index (χ4v) is 2.74. The van der Waals surface area contributed by atoms with Gasteiger partial charge >= 0.3 is 0 Å². The molecule has 0 amide bonds. The fourth-order valence-electron chi connectivity index (χ4n) is 2.74. The van der Waals surface area contributed by atoms with Gasteiger partial charge in [0.05, 0.1) is 7.11 Å². The van der Waals surface area contributed by atoms with Crippen molar-refractivity contribution in [3.05, 3.63) is 77.2 Å². The van der Waals surface area contributed by atoms with Crippen molar-refractivity contribution in [2.24, 2.45) is 0 Å². The Balaban J connectivity index is 1.59. The van der Waals surface area contributed by atoms with E-state index in [4.69, 9.17) is 4.74 Å². The molecular weight excluding hydrogens is 343 g/mol. The van der Waals surface area contributed by atoms with Crippen LogP contribution in [-0.4, -0.2) is 23.6 Å². The Morgan fingerprint density at radius 1 is 1.00 bits per heavy atom. The molecule has 0 bridgehead atoms. The van der Waals surface area contributed by atoms with E-state index in [-0.39, 0.29) is 5.82 Å². The number of nitrogens with one attached hydrogen (secondary N) is 2. The zero-order chi connectivity index (χ0) is 19.1. The van der Waals surface area contributed by atoms with E-state index >= 15 is 0 Å². The molecule has 3 rings (SSSR count). The highest BCUT2D eigenvalue weighted by Crippen LogP contribution is 2.19. The van der Waals surface area contributed by atoms with Crippen LogP contribution in [0.15, 0.2) is 54.6 Å². The number of benzene rings is 2. The van der Waals surface area contributed by atoms with Gasteiger partial charge in [0.1, 0.15) is 17.4 Å². The number of ether oxygens (including phenoxy) is 1. The second-order valence-electron chi connectivity index (χ2n) is 6.19. The second-order valence-corrected chi connectivity index (χ2v) is 6.19. The summed E-state index contributed by atoms with van der Waals surface area (Å²) in [6.45, 7) is 3.21. The van der Waals surface area contributed by atoms with Crippen LogP contribution in [0, 0.1) is 12.7 Å². The van der Waals surface area contributed by atoms with Gasteiger partial charge in [0.25, 0.3) is 0 Å². The van der Waals surface area contributed by atoms with Gasteiger partial charge in [-0.2, -0.15) is 4.98 Å². The maximum Gasteiger partial charge on any atom is 0.224 e. The first-order valence-electron chi connectivity index (χ1n) is 8.84. The van der Waals surface area contributed by atoms with Crippen molar-refractivity contribution in [1.82, 2.24) is 9.97 Å². The molecule has 0 aliphatic heterocycles. The first kappa shape index (κ1) is 18.6. The number of halogens is 1. The number of nitrogens with zero attached hydrogens (tertiary/aromatic N) is 2. The number of rotatable bonds is 8. The standard InChI is InChI=1S/C21H23FN4O/c1-15-13-20(24-14-17-5-3-4-6-19(17)27-2)26-21(25-15)23-12-11-16-7-9-18(22)10-8-16/h3-10,13H,11-12,14H2,1-2H3,(H2,23,24,25,26). The lowest BCUT2D eigenvalue weighted by atomic mass is 10.1. The van der Waals surface area contributed by atoms with Gasteiger partial charge in [-0.05, 0) is 37.1 Å². The van der Waals surface area contributed by atoms with E-state index in [1.54, 1.807) is 19.2 Å². The van der Waals surface area contributed by atoms with Crippen LogP contribution < -0.4 is 15.4 Å². The van der Waals surface area contributed by atoms with E-state index in [9.17, 15) is 4.39 Å². The van der Waals surface area contributed by atoms with Gasteiger partial charge in [-0.15, -0.1) is 0 Å². The van der Waals surface area contributed by atoms with Crippen molar-refractivity contribution >= 4 is 11.8 Å². The SMILES string of the molecule is COc1ccccc1CNc1cc(C)nc(NCCc2ccc(F)cc2)n1. The van der Waals surface area contributed by atoms with Crippen LogP contribution in [0.25, 0.3) is 0 Å². The molecule has 0 aliphatic rings. The van der Waals surface area contributed by atoms with Gasteiger partial charge in [-0.1, -0.05) is 30.3 Å². The van der Waals surface area contributed by atoms with Crippen molar-refractivity contribution in [2.45, 2.75) is 19.9 Å². The monoisotopic (exact) mass is 366 g/mol. The minimum absolute atomic E-state index is 0.223. The van der Waals surface area contributed by atoms with E-state index in [0.29, 0.717) is 19.0 Å². The van der Waals surface area contributed by atoms with Crippen molar-refractivity contribution in [3.63, 3.8) is 0 Å². The van der Waals surface area contributed by atoms with E-state index < -0.39 is 0 Å². The molecule has 27 heavy (non-hydrogen) atoms. The molecule has 140 valence electrons. The topological polar surface area (TPSA) is 59.1 Å². The summed E-state index contributed by atoms with van der Waals surface area (Å²) in [5, 5.41) is 6.55. The molecule has 0 saturated carbocycles. The lowest BCUT2D eigenvalue weighted by Crippen LogP contribution is -2.11. The van der Waals surface area contributed by atoms with Gasteiger partial charge < -0.3 is 15.4 Å². The van der Waals surface area contributed by atoms with Gasteiger partial charge in [-0.3, -0.25) is 0 Å². The molecule has 0 aliphatic carbocycles. The molecule has 1 aromatic heterocycles. The first-order valence-corrected chi connectivity index (χ1v) is 8.84. The number of hydrogen-bond donors (Lipinski definition) is 2. The van der Waals surface area contributed by atoms with E-state index in [2.05, 4.69) is 20.6 Å². The summed E-state index contributed by atoms with van der Waals surface area (Å²) in [5.74, 6) is 1.94. The molecule has 0 atom stereocenters. The highest BCUT2D eigenvalue weighted by molar-refractivity contribution is 5.44. The Hall–Kier alpha value is -3.15. The third-order valence-corrected chi connectivity index (χ3v) is 4.12. The Kier molecular flexibility index (Phi) is 6.20. The summed E-state index contributed by atoms with van der Waals surface area (Å²) < 4.78 is 18.3. The number of methoxy groups -OCH3 is 1. The maximum atomic E-state index is 13.0. The summed E-state index contributed by atoms with van der Waals surface area (Å²) in [6.07, 6.45) is 0.765. The number of hydrogen-bond acceptors (Lipinski definition) is 5. The lowest BCUT2D eigenvalue weighted by molar-refractivity contribution is 0.410. The summed E-state index contributed by atoms with van der Waals surface area (Å²) >= 11 is 0. The van der Waals surface area contributed by atoms with Crippen LogP contribution in [0.1, 0.15) is 16.8 Å². The predicted octanol–water partition coefficient (Wildman–Crippen LogP) is 4.20. The molecule has 2 aromatic carbocycles. The van der Waals surface area contributed by atoms with Crippen LogP contribution >= 0.6 is 0 Å². The van der Waals surface area contributed by atoms with E-state index in [1.165, 1.54) is 12.1 Å². The normalized spacial score (nSPS) is 10.5. The van der Waals surface area contributed by atoms with Gasteiger partial charge in [0, 0.05) is 30.4 Å². The molecular formula is C21H23FN4O. The highest BCUT2D eigenvalue weighted by atomic mass is 19.1. The number of aryl methyl sites for hydroxylation is 1. The lowest BCUT2D eigenvalue weighted by Gasteiger charge is -2.12. The van der Waals surface area contributed by atoms with Crippen LogP contribution in [0.4, 0.5) is 16.2 Å². The van der Waals surface area contributed by atoms with Gasteiger partial charge in [-0.25, -0.2) is 9.37 Å². The Morgan fingerprint density at radius 2 is 1.78 bits per heavy atom. The molecule has 5 nitrogen and oxygen atoms in total. The summed E-state index contributed by atoms with van der Waals surface area (Å²) in [5.41, 5.74) is 2.99. The predicted molar refractivity (Wildman–Crippen MR) is 106 cm³/mol. The van der Waals surface area contributed by atoms with Crippen molar-refractivity contribution in [3.8, 4) is 5.75 Å². The summed E-state index contributed by atoms with van der Waals surface area (Å²) in [6, 6.07) is 16.3. The van der Waals surface area contributed by atoms with Gasteiger partial charge in [0.15, 0.2) is 0 Å². The third kappa shape index (κ3) is 5.41. The smallest absolute Gasteiger partial charge is 0.224 e. The van der Waals surface area contributed by atoms with Crippen molar-refractivity contribution < 1.29 is 9.13 Å². The Labute approximate surface area is 158 Å². The third-order valence-electron chi connectivity index (χ3n) is 4.12. The minimum Gasteiger partial charge on any atom is -0.496 e. The maximum absolute atomic E-state index is 13.0. The molecule has 0 spiro atoms. The largest absolute Gasteiger partial charge is 0.496 e. The van der Waals surface area contributed by atoms with Crippen LogP contribution in [0.5, 0.6) is 5.75 Å². The minimum atomic E-state index is -0.223. The molecule has 1 heterocycles. The van der Waals surface area contributed by atoms with Crippen molar-refractivity contribution in [1.29, 1.82) is 0 Å². The molecule has 0 saturated heterocycles. The summed E-state index contributed by atoms with van der Waals surface area (Å²) in [4.78, 5) is 8.94. The van der Waals surface area contributed by atoms with Crippen LogP contribution in [-0.2, 0) is 13.0 Å².